The summed E-state index contributed by atoms with van der Waals surface area (Å²) in [6.45, 7) is -0.765. The maximum absolute atomic E-state index is 11.7. The van der Waals surface area contributed by atoms with Crippen LogP contribution in [0.5, 0.6) is 0 Å². The van der Waals surface area contributed by atoms with Crippen LogP contribution in [0.4, 0.5) is 5.69 Å². The predicted molar refractivity (Wildman–Crippen MR) is 79.2 cm³/mol. The van der Waals surface area contributed by atoms with Gasteiger partial charge in [-0.1, -0.05) is 0 Å². The second-order valence-electron chi connectivity index (χ2n) is 5.02. The van der Waals surface area contributed by atoms with Crippen LogP contribution in [0.3, 0.4) is 0 Å². The molecule has 0 aliphatic carbocycles. The van der Waals surface area contributed by atoms with Crippen molar-refractivity contribution in [2.45, 2.75) is 24.9 Å². The summed E-state index contributed by atoms with van der Waals surface area (Å²) in [4.78, 5) is 51.0. The van der Waals surface area contributed by atoms with Gasteiger partial charge in [0, 0.05) is 12.6 Å². The molecule has 1 aromatic heterocycles. The fraction of sp³-hybridized carbons (Fsp3) is 0.556. The highest BCUT2D eigenvalue weighted by Gasteiger charge is 2.39. The number of hydrogen-bond donors (Lipinski definition) is 6. The van der Waals surface area contributed by atoms with Crippen LogP contribution in [0.2, 0.25) is 0 Å². The van der Waals surface area contributed by atoms with E-state index in [1.807, 2.05) is 4.98 Å². The Morgan fingerprint density at radius 1 is 1.36 bits per heavy atom. The lowest BCUT2D eigenvalue weighted by molar-refractivity contribution is -0.0449. The zero-order valence-electron chi connectivity index (χ0n) is 12.3. The Bertz CT molecular complexity index is 844. The average Bonchev–Trinajstić information content (AvgIpc) is 2.79. The fourth-order valence-electron chi connectivity index (χ4n) is 2.08. The summed E-state index contributed by atoms with van der Waals surface area (Å²) in [7, 11) is -10.4. The number of hydrogen-bond acceptors (Lipinski definition) is 9. The van der Waals surface area contributed by atoms with Crippen LogP contribution in [-0.4, -0.2) is 48.2 Å². The number of aliphatic hydroxyl groups is 1. The lowest BCUT2D eigenvalue weighted by atomic mass is 10.2. The number of aromatic amines is 1. The largest absolute Gasteiger partial charge is 0.481 e. The Hall–Kier alpha value is -1.34. The predicted octanol–water partition coefficient (Wildman–Crippen LogP) is -2.01. The Kier molecular flexibility index (Phi) is 5.68. The third-order valence-electron chi connectivity index (χ3n) is 3.12. The first kappa shape index (κ1) is 20.0. The van der Waals surface area contributed by atoms with Gasteiger partial charge in [0.05, 0.1) is 12.7 Å². The molecule has 7 N–H and O–H groups in total. The van der Waals surface area contributed by atoms with E-state index in [4.69, 9.17) is 25.2 Å². The summed E-state index contributed by atoms with van der Waals surface area (Å²) >= 11 is 0. The van der Waals surface area contributed by atoms with Crippen LogP contribution in [0, 0.1) is 0 Å². The number of rotatable bonds is 6. The molecule has 1 saturated heterocycles. The van der Waals surface area contributed by atoms with Crippen molar-refractivity contribution in [1.29, 1.82) is 0 Å². The van der Waals surface area contributed by atoms with Crippen LogP contribution >= 0.6 is 15.6 Å². The molecule has 16 heteroatoms. The number of H-pyrrole nitrogens is 1. The van der Waals surface area contributed by atoms with Gasteiger partial charge in [0.2, 0.25) is 0 Å². The number of phosphoric acid groups is 2. The lowest BCUT2D eigenvalue weighted by Crippen LogP contribution is -2.33. The molecule has 2 rings (SSSR count). The number of nitrogens with zero attached hydrogens (tertiary/aromatic N) is 1. The lowest BCUT2D eigenvalue weighted by Gasteiger charge is -2.18. The highest BCUT2D eigenvalue weighted by Crippen LogP contribution is 2.57. The minimum absolute atomic E-state index is 0.144. The number of anilines is 1. The molecule has 1 unspecified atom stereocenters. The van der Waals surface area contributed by atoms with Gasteiger partial charge in [0.15, 0.2) is 0 Å². The molecular formula is C9H15N3O11P2. The van der Waals surface area contributed by atoms with Crippen molar-refractivity contribution in [2.24, 2.45) is 0 Å². The molecule has 0 radical (unpaired) electrons. The highest BCUT2D eigenvalue weighted by molar-refractivity contribution is 7.60. The van der Waals surface area contributed by atoms with Gasteiger partial charge in [-0.25, -0.2) is 13.9 Å². The summed E-state index contributed by atoms with van der Waals surface area (Å²) in [5, 5.41) is 9.88. The van der Waals surface area contributed by atoms with E-state index in [0.717, 1.165) is 10.8 Å². The van der Waals surface area contributed by atoms with Gasteiger partial charge in [-0.2, -0.15) is 4.31 Å². The smallest absolute Gasteiger partial charge is 0.393 e. The maximum Gasteiger partial charge on any atom is 0.481 e. The first-order valence-electron chi connectivity index (χ1n) is 6.56. The zero-order valence-corrected chi connectivity index (χ0v) is 14.1. The topological polar surface area (TPSA) is 224 Å². The standard InChI is InChI=1S/C9H15N3O11P2/c10-4-2-12(9(15)11-8(4)14)7-1-5(13)6(22-7)3-21-25(19,20)23-24(16,17)18/h2,5-7,13H,1,3,10H2,(H,19,20)(H,11,14,15)(H2,16,17,18)/t5-,6+,7+/m0/s1. The maximum atomic E-state index is 11.7. The minimum Gasteiger partial charge on any atom is -0.393 e. The van der Waals surface area contributed by atoms with E-state index in [1.165, 1.54) is 0 Å². The van der Waals surface area contributed by atoms with Crippen molar-refractivity contribution >= 4 is 21.3 Å². The second-order valence-corrected chi connectivity index (χ2v) is 7.85. The van der Waals surface area contributed by atoms with Gasteiger partial charge >= 0.3 is 21.3 Å². The molecule has 14 nitrogen and oxygen atoms in total. The summed E-state index contributed by atoms with van der Waals surface area (Å²) in [6, 6.07) is 0. The number of nitrogen functional groups attached to an aromatic ring is 1. The third kappa shape index (κ3) is 5.31. The molecular weight excluding hydrogens is 388 g/mol. The number of nitrogens with two attached hydrogens (primary N) is 1. The van der Waals surface area contributed by atoms with Crippen molar-refractivity contribution in [2.75, 3.05) is 12.3 Å². The molecule has 0 amide bonds. The molecule has 0 bridgehead atoms. The molecule has 2 heterocycles. The van der Waals surface area contributed by atoms with Crippen LogP contribution < -0.4 is 17.0 Å². The Labute approximate surface area is 138 Å². The van der Waals surface area contributed by atoms with E-state index < -0.39 is 51.9 Å². The van der Waals surface area contributed by atoms with Crippen molar-refractivity contribution in [3.63, 3.8) is 0 Å². The van der Waals surface area contributed by atoms with E-state index in [9.17, 15) is 23.8 Å². The summed E-state index contributed by atoms with van der Waals surface area (Å²) in [6.07, 6.45) is -2.66. The molecule has 0 spiro atoms. The zero-order chi connectivity index (χ0) is 19.0. The van der Waals surface area contributed by atoms with Crippen molar-refractivity contribution in [3.05, 3.63) is 27.0 Å². The quantitative estimate of drug-likeness (QED) is 0.284. The van der Waals surface area contributed by atoms with Crippen LogP contribution in [-0.2, 0) is 22.7 Å². The van der Waals surface area contributed by atoms with E-state index in [-0.39, 0.29) is 12.1 Å². The van der Waals surface area contributed by atoms with Gasteiger partial charge in [-0.05, 0) is 0 Å². The molecule has 1 aromatic rings. The number of aromatic nitrogens is 2. The number of ether oxygens (including phenoxy) is 1. The first-order valence-corrected chi connectivity index (χ1v) is 9.59. The minimum atomic E-state index is -5.27. The SMILES string of the molecule is Nc1cn([C@H]2C[C@H](O)[C@@H](COP(=O)(O)OP(=O)(O)O)O2)c(=O)[nH]c1=O. The van der Waals surface area contributed by atoms with Crippen molar-refractivity contribution in [3.8, 4) is 0 Å². The Morgan fingerprint density at radius 2 is 2.00 bits per heavy atom. The summed E-state index contributed by atoms with van der Waals surface area (Å²) in [5.74, 6) is 0. The molecule has 142 valence electrons. The molecule has 1 fully saturated rings. The van der Waals surface area contributed by atoms with Crippen LogP contribution in [0.15, 0.2) is 15.8 Å². The summed E-state index contributed by atoms with van der Waals surface area (Å²) < 4.78 is 36.0. The van der Waals surface area contributed by atoms with Gasteiger partial charge in [0.1, 0.15) is 18.0 Å². The normalized spacial score (nSPS) is 26.5. The monoisotopic (exact) mass is 403 g/mol. The Balaban J connectivity index is 2.06. The van der Waals surface area contributed by atoms with E-state index in [2.05, 4.69) is 8.83 Å². The molecule has 0 saturated carbocycles. The first-order chi connectivity index (χ1) is 11.4. The molecule has 0 aromatic carbocycles. The summed E-state index contributed by atoms with van der Waals surface area (Å²) in [5.41, 5.74) is 3.48. The fourth-order valence-corrected chi connectivity index (χ4v) is 3.68. The molecule has 1 aliphatic rings. The van der Waals surface area contributed by atoms with Gasteiger partial charge in [-0.3, -0.25) is 18.9 Å². The Morgan fingerprint density at radius 3 is 2.60 bits per heavy atom. The van der Waals surface area contributed by atoms with Crippen LogP contribution in [0.1, 0.15) is 12.6 Å². The highest BCUT2D eigenvalue weighted by atomic mass is 31.3. The van der Waals surface area contributed by atoms with E-state index >= 15 is 0 Å². The molecule has 4 atom stereocenters. The molecule has 25 heavy (non-hydrogen) atoms. The average molecular weight is 403 g/mol. The number of aliphatic hydroxyl groups excluding tert-OH is 1. The van der Waals surface area contributed by atoms with E-state index in [0.29, 0.717) is 0 Å². The van der Waals surface area contributed by atoms with Gasteiger partial charge in [0.25, 0.3) is 5.56 Å². The number of nitrogens with one attached hydrogen (secondary N) is 1. The van der Waals surface area contributed by atoms with Crippen molar-refractivity contribution in [1.82, 2.24) is 9.55 Å². The van der Waals surface area contributed by atoms with E-state index in [1.54, 1.807) is 0 Å². The van der Waals surface area contributed by atoms with Gasteiger partial charge < -0.3 is 30.3 Å². The van der Waals surface area contributed by atoms with Crippen molar-refractivity contribution < 1.29 is 42.5 Å². The third-order valence-corrected chi connectivity index (χ3v) is 5.27. The number of phosphoric ester groups is 1. The van der Waals surface area contributed by atoms with Crippen LogP contribution in [0.25, 0.3) is 0 Å². The molecule has 1 aliphatic heterocycles. The van der Waals surface area contributed by atoms with Gasteiger partial charge in [-0.15, -0.1) is 0 Å². The second kappa shape index (κ2) is 7.11.